The van der Waals surface area contributed by atoms with Crippen LogP contribution in [0.15, 0.2) is 47.1 Å². The van der Waals surface area contributed by atoms with Gasteiger partial charge in [0.1, 0.15) is 17.4 Å². The number of benzene rings is 2. The van der Waals surface area contributed by atoms with E-state index in [0.29, 0.717) is 17.0 Å². The summed E-state index contributed by atoms with van der Waals surface area (Å²) in [5.74, 6) is 1.36. The molecule has 5 rings (SSSR count). The first-order valence-corrected chi connectivity index (χ1v) is 10.8. The van der Waals surface area contributed by atoms with Gasteiger partial charge in [0.25, 0.3) is 0 Å². The van der Waals surface area contributed by atoms with Crippen molar-refractivity contribution >= 4 is 22.7 Å². The van der Waals surface area contributed by atoms with E-state index in [4.69, 9.17) is 16.0 Å². The second kappa shape index (κ2) is 7.33. The van der Waals surface area contributed by atoms with E-state index in [0.717, 1.165) is 30.3 Å². The average molecular weight is 461 g/mol. The van der Waals surface area contributed by atoms with Crippen LogP contribution < -0.4 is 0 Å². The summed E-state index contributed by atoms with van der Waals surface area (Å²) in [7, 11) is 1.83. The molecule has 1 aliphatic rings. The van der Waals surface area contributed by atoms with Crippen molar-refractivity contribution in [1.29, 1.82) is 0 Å². The Morgan fingerprint density at radius 1 is 1.22 bits per heavy atom. The topological polar surface area (TPSA) is 56.7 Å². The zero-order valence-corrected chi connectivity index (χ0v) is 18.2. The van der Waals surface area contributed by atoms with Gasteiger partial charge in [-0.2, -0.15) is 18.3 Å². The molecule has 0 amide bonds. The molecule has 2 heterocycles. The molecule has 0 radical (unpaired) electrons. The van der Waals surface area contributed by atoms with Gasteiger partial charge in [0.2, 0.25) is 5.89 Å². The first-order valence-electron chi connectivity index (χ1n) is 10.2. The predicted molar refractivity (Wildman–Crippen MR) is 114 cm³/mol. The lowest BCUT2D eigenvalue weighted by molar-refractivity contribution is -0.136. The summed E-state index contributed by atoms with van der Waals surface area (Å²) in [6, 6.07) is 10.1. The number of oxazole rings is 1. The first-order chi connectivity index (χ1) is 15.2. The van der Waals surface area contributed by atoms with Gasteiger partial charge in [0.05, 0.1) is 5.41 Å². The Kier molecular flexibility index (Phi) is 4.81. The Hall–Kier alpha value is -2.87. The van der Waals surface area contributed by atoms with Crippen LogP contribution in [0.3, 0.4) is 0 Å². The molecule has 1 saturated carbocycles. The molecule has 5 nitrogen and oxygen atoms in total. The molecule has 1 fully saturated rings. The number of aryl methyl sites for hydroxylation is 1. The van der Waals surface area contributed by atoms with Crippen molar-refractivity contribution in [1.82, 2.24) is 19.7 Å². The largest absolute Gasteiger partial charge is 0.435 e. The van der Waals surface area contributed by atoms with Crippen LogP contribution in [0.2, 0.25) is 0 Å². The van der Waals surface area contributed by atoms with Crippen molar-refractivity contribution in [3.05, 3.63) is 65.2 Å². The molecule has 0 N–H and O–H groups in total. The Balaban J connectivity index is 1.62. The molecule has 0 atom stereocenters. The number of nitrogens with zero attached hydrogens (tertiary/aromatic N) is 4. The minimum Gasteiger partial charge on any atom is -0.435 e. The lowest BCUT2D eigenvalue weighted by atomic mass is 9.58. The van der Waals surface area contributed by atoms with Crippen molar-refractivity contribution in [2.75, 3.05) is 0 Å². The van der Waals surface area contributed by atoms with Gasteiger partial charge in [-0.3, -0.25) is 4.68 Å². The molecule has 166 valence electrons. The van der Waals surface area contributed by atoms with Crippen LogP contribution in [0.25, 0.3) is 22.6 Å². The predicted octanol–water partition coefficient (Wildman–Crippen LogP) is 6.10. The summed E-state index contributed by atoms with van der Waals surface area (Å²) in [5.41, 5.74) is 0.588. The summed E-state index contributed by atoms with van der Waals surface area (Å²) < 4.78 is 48.1. The second-order valence-corrected chi connectivity index (χ2v) is 8.83. The standard InChI is InChI=1S/C23H20ClF3N4O/c1-13-9-22(10-13,21-28-12-31(2)30-21)16-5-3-4-15(8-16)20-29-18-7-14(11-24)6-17(19(18)32-20)23(25,26)27/h3-8,12-13H,9-11H2,1-2H3. The normalized spacial score (nSPS) is 21.1. The Bertz CT molecular complexity index is 1300. The minimum absolute atomic E-state index is 0.0471. The third kappa shape index (κ3) is 3.37. The smallest absolute Gasteiger partial charge is 0.420 e. The van der Waals surface area contributed by atoms with E-state index < -0.39 is 11.7 Å². The van der Waals surface area contributed by atoms with Crippen molar-refractivity contribution in [2.45, 2.75) is 37.2 Å². The molecule has 32 heavy (non-hydrogen) atoms. The maximum absolute atomic E-state index is 13.6. The third-order valence-corrected chi connectivity index (χ3v) is 6.40. The number of rotatable bonds is 4. The fraction of sp³-hybridized carbons (Fsp3) is 0.348. The van der Waals surface area contributed by atoms with Crippen LogP contribution in [0.5, 0.6) is 0 Å². The van der Waals surface area contributed by atoms with Gasteiger partial charge < -0.3 is 4.42 Å². The first kappa shape index (κ1) is 21.0. The van der Waals surface area contributed by atoms with Crippen molar-refractivity contribution in [3.8, 4) is 11.5 Å². The molecule has 0 saturated heterocycles. The Morgan fingerprint density at radius 3 is 2.62 bits per heavy atom. The van der Waals surface area contributed by atoms with Gasteiger partial charge >= 0.3 is 6.18 Å². The molecule has 0 spiro atoms. The molecular formula is C23H20ClF3N4O. The number of aromatic nitrogens is 4. The summed E-state index contributed by atoms with van der Waals surface area (Å²) in [5, 5.41) is 4.54. The van der Waals surface area contributed by atoms with E-state index in [1.165, 1.54) is 6.07 Å². The van der Waals surface area contributed by atoms with Crippen molar-refractivity contribution < 1.29 is 17.6 Å². The van der Waals surface area contributed by atoms with E-state index in [2.05, 4.69) is 22.0 Å². The zero-order valence-electron chi connectivity index (χ0n) is 17.4. The van der Waals surface area contributed by atoms with Crippen LogP contribution >= 0.6 is 11.6 Å². The van der Waals surface area contributed by atoms with Crippen LogP contribution in [0.4, 0.5) is 13.2 Å². The molecule has 4 aromatic rings. The highest BCUT2D eigenvalue weighted by Crippen LogP contribution is 2.51. The van der Waals surface area contributed by atoms with E-state index in [-0.39, 0.29) is 28.3 Å². The van der Waals surface area contributed by atoms with Crippen LogP contribution in [-0.2, 0) is 24.5 Å². The molecule has 0 unspecified atom stereocenters. The fourth-order valence-electron chi connectivity index (χ4n) is 4.69. The number of fused-ring (bicyclic) bond motifs is 1. The molecule has 2 aromatic heterocycles. The summed E-state index contributed by atoms with van der Waals surface area (Å²) in [6.45, 7) is 2.18. The number of hydrogen-bond donors (Lipinski definition) is 0. The van der Waals surface area contributed by atoms with Crippen LogP contribution in [0, 0.1) is 5.92 Å². The monoisotopic (exact) mass is 460 g/mol. The maximum atomic E-state index is 13.6. The van der Waals surface area contributed by atoms with E-state index >= 15 is 0 Å². The summed E-state index contributed by atoms with van der Waals surface area (Å²) >= 11 is 5.80. The third-order valence-electron chi connectivity index (χ3n) is 6.09. The van der Waals surface area contributed by atoms with Crippen molar-refractivity contribution in [2.24, 2.45) is 13.0 Å². The molecule has 1 aliphatic carbocycles. The van der Waals surface area contributed by atoms with Crippen molar-refractivity contribution in [3.63, 3.8) is 0 Å². The van der Waals surface area contributed by atoms with E-state index in [9.17, 15) is 13.2 Å². The molecule has 2 aromatic carbocycles. The Labute approximate surface area is 187 Å². The minimum atomic E-state index is -4.57. The molecule has 0 bridgehead atoms. The number of halogens is 4. The SMILES string of the molecule is CC1CC(c2cccc(-c3nc4cc(CCl)cc(C(F)(F)F)c4o3)c2)(c2ncn(C)n2)C1. The highest BCUT2D eigenvalue weighted by atomic mass is 35.5. The van der Waals surface area contributed by atoms with Gasteiger partial charge in [-0.05, 0) is 54.2 Å². The second-order valence-electron chi connectivity index (χ2n) is 8.56. The van der Waals surface area contributed by atoms with E-state index in [1.54, 1.807) is 17.1 Å². The summed E-state index contributed by atoms with van der Waals surface area (Å²) in [6.07, 6.45) is -1.11. The highest BCUT2D eigenvalue weighted by Gasteiger charge is 2.48. The maximum Gasteiger partial charge on any atom is 0.420 e. The zero-order chi connectivity index (χ0) is 22.7. The lowest BCUT2D eigenvalue weighted by Crippen LogP contribution is -2.42. The van der Waals surface area contributed by atoms with E-state index in [1.807, 2.05) is 25.2 Å². The molecular weight excluding hydrogens is 441 g/mol. The van der Waals surface area contributed by atoms with Gasteiger partial charge in [-0.1, -0.05) is 19.1 Å². The van der Waals surface area contributed by atoms with Crippen LogP contribution in [0.1, 0.15) is 42.3 Å². The average Bonchev–Trinajstić information content (AvgIpc) is 3.36. The summed E-state index contributed by atoms with van der Waals surface area (Å²) in [4.78, 5) is 8.85. The Morgan fingerprint density at radius 2 is 2.00 bits per heavy atom. The van der Waals surface area contributed by atoms with Gasteiger partial charge in [-0.25, -0.2) is 9.97 Å². The lowest BCUT2D eigenvalue weighted by Gasteiger charge is -2.45. The highest BCUT2D eigenvalue weighted by molar-refractivity contribution is 6.17. The number of alkyl halides is 4. The van der Waals surface area contributed by atoms with Gasteiger partial charge in [-0.15, -0.1) is 11.6 Å². The molecule has 9 heteroatoms. The van der Waals surface area contributed by atoms with Crippen LogP contribution in [-0.4, -0.2) is 19.7 Å². The van der Waals surface area contributed by atoms with Gasteiger partial charge in [0.15, 0.2) is 11.4 Å². The molecule has 0 aliphatic heterocycles. The van der Waals surface area contributed by atoms with Gasteiger partial charge in [0, 0.05) is 18.5 Å². The quantitative estimate of drug-likeness (QED) is 0.345. The fourth-order valence-corrected chi connectivity index (χ4v) is 4.84. The number of hydrogen-bond acceptors (Lipinski definition) is 4.